The Morgan fingerprint density at radius 2 is 2.04 bits per heavy atom. The Morgan fingerprint density at radius 1 is 1.22 bits per heavy atom. The fourth-order valence-corrected chi connectivity index (χ4v) is 4.41. The first kappa shape index (κ1) is 18.4. The van der Waals surface area contributed by atoms with Crippen LogP contribution in [0, 0.1) is 12.8 Å². The summed E-state index contributed by atoms with van der Waals surface area (Å²) in [4.78, 5) is 6.78. The van der Waals surface area contributed by atoms with Crippen molar-refractivity contribution in [2.45, 2.75) is 30.8 Å². The molecule has 7 heteroatoms. The number of sulfonamides is 1. The summed E-state index contributed by atoms with van der Waals surface area (Å²) in [6.07, 6.45) is 3.66. The van der Waals surface area contributed by atoms with E-state index in [1.807, 2.05) is 12.1 Å². The van der Waals surface area contributed by atoms with Crippen LogP contribution >= 0.6 is 0 Å². The highest BCUT2D eigenvalue weighted by molar-refractivity contribution is 7.89. The van der Waals surface area contributed by atoms with Crippen LogP contribution in [0.15, 0.2) is 47.5 Å². The lowest BCUT2D eigenvalue weighted by molar-refractivity contribution is 0.0391. The van der Waals surface area contributed by atoms with Gasteiger partial charge in [0, 0.05) is 25.8 Å². The zero-order valence-electron chi connectivity index (χ0n) is 15.5. The molecule has 1 saturated heterocycles. The standard InChI is InChI=1S/C20H25N3O3S/c1-15-4-2-3-5-18(15)19-14-23(10-11-26-19)20-9-8-17(13-21-20)27(24,25)22-12-16-6-7-16/h2-5,8-9,13,16,19,22H,6-7,10-12,14H2,1H3. The summed E-state index contributed by atoms with van der Waals surface area (Å²) in [5, 5.41) is 0. The van der Waals surface area contributed by atoms with E-state index in [4.69, 9.17) is 4.74 Å². The number of anilines is 1. The third-order valence-electron chi connectivity index (χ3n) is 5.22. The molecule has 6 nitrogen and oxygen atoms in total. The van der Waals surface area contributed by atoms with Gasteiger partial charge in [-0.2, -0.15) is 0 Å². The zero-order chi connectivity index (χ0) is 18.9. The van der Waals surface area contributed by atoms with Crippen LogP contribution in [0.4, 0.5) is 5.82 Å². The van der Waals surface area contributed by atoms with E-state index in [1.54, 1.807) is 12.1 Å². The van der Waals surface area contributed by atoms with E-state index in [0.29, 0.717) is 25.6 Å². The van der Waals surface area contributed by atoms with Gasteiger partial charge in [-0.3, -0.25) is 0 Å². The average Bonchev–Trinajstić information content (AvgIpc) is 3.52. The maximum Gasteiger partial charge on any atom is 0.242 e. The Kier molecular flexibility index (Phi) is 5.16. The van der Waals surface area contributed by atoms with E-state index >= 15 is 0 Å². The Labute approximate surface area is 160 Å². The molecule has 1 aromatic heterocycles. The number of rotatable bonds is 6. The van der Waals surface area contributed by atoms with Gasteiger partial charge in [0.2, 0.25) is 10.0 Å². The average molecular weight is 388 g/mol. The number of aromatic nitrogens is 1. The summed E-state index contributed by atoms with van der Waals surface area (Å²) < 4.78 is 33.3. The highest BCUT2D eigenvalue weighted by Crippen LogP contribution is 2.29. The normalized spacial score (nSPS) is 20.6. The lowest BCUT2D eigenvalue weighted by Gasteiger charge is -2.34. The topological polar surface area (TPSA) is 71.5 Å². The number of nitrogens with zero attached hydrogens (tertiary/aromatic N) is 2. The third-order valence-corrected chi connectivity index (χ3v) is 6.62. The predicted molar refractivity (Wildman–Crippen MR) is 104 cm³/mol. The molecule has 0 amide bonds. The maximum absolute atomic E-state index is 12.3. The first-order valence-electron chi connectivity index (χ1n) is 9.41. The van der Waals surface area contributed by atoms with E-state index in [0.717, 1.165) is 25.2 Å². The number of ether oxygens (including phenoxy) is 1. The van der Waals surface area contributed by atoms with Crippen LogP contribution in [0.5, 0.6) is 0 Å². The molecular formula is C20H25N3O3S. The number of hydrogen-bond acceptors (Lipinski definition) is 5. The quantitative estimate of drug-likeness (QED) is 0.825. The Balaban J connectivity index is 1.46. The molecule has 2 aliphatic rings. The van der Waals surface area contributed by atoms with Crippen LogP contribution in [0.25, 0.3) is 0 Å². The summed E-state index contributed by atoms with van der Waals surface area (Å²) in [5.41, 5.74) is 2.39. The maximum atomic E-state index is 12.3. The second-order valence-electron chi connectivity index (χ2n) is 7.31. The summed E-state index contributed by atoms with van der Waals surface area (Å²) in [5.74, 6) is 1.27. The SMILES string of the molecule is Cc1ccccc1C1CN(c2ccc(S(=O)(=O)NCC3CC3)cn2)CCO1. The Morgan fingerprint density at radius 3 is 2.74 bits per heavy atom. The lowest BCUT2D eigenvalue weighted by Crippen LogP contribution is -2.39. The highest BCUT2D eigenvalue weighted by atomic mass is 32.2. The van der Waals surface area contributed by atoms with Crippen LogP contribution in [-0.2, 0) is 14.8 Å². The lowest BCUT2D eigenvalue weighted by atomic mass is 10.0. The van der Waals surface area contributed by atoms with Crippen LogP contribution in [0.2, 0.25) is 0 Å². The van der Waals surface area contributed by atoms with Gasteiger partial charge in [-0.1, -0.05) is 24.3 Å². The molecule has 1 aliphatic heterocycles. The van der Waals surface area contributed by atoms with E-state index in [-0.39, 0.29) is 11.0 Å². The largest absolute Gasteiger partial charge is 0.370 e. The van der Waals surface area contributed by atoms with Crippen molar-refractivity contribution in [1.29, 1.82) is 0 Å². The third kappa shape index (κ3) is 4.31. The van der Waals surface area contributed by atoms with Crippen molar-refractivity contribution in [2.75, 3.05) is 31.1 Å². The van der Waals surface area contributed by atoms with E-state index in [1.165, 1.54) is 17.3 Å². The first-order chi connectivity index (χ1) is 13.0. The fourth-order valence-electron chi connectivity index (χ4n) is 3.34. The molecule has 1 atom stereocenters. The summed E-state index contributed by atoms with van der Waals surface area (Å²) in [6.45, 7) is 4.66. The van der Waals surface area contributed by atoms with Gasteiger partial charge in [0.25, 0.3) is 0 Å². The van der Waals surface area contributed by atoms with Crippen LogP contribution < -0.4 is 9.62 Å². The van der Waals surface area contributed by atoms with Gasteiger partial charge in [-0.05, 0) is 48.9 Å². The molecule has 144 valence electrons. The molecule has 4 rings (SSSR count). The van der Waals surface area contributed by atoms with Crippen molar-refractivity contribution in [3.63, 3.8) is 0 Å². The van der Waals surface area contributed by atoms with Gasteiger partial charge in [0.1, 0.15) is 16.8 Å². The summed E-state index contributed by atoms with van der Waals surface area (Å²) >= 11 is 0. The zero-order valence-corrected chi connectivity index (χ0v) is 16.3. The molecular weight excluding hydrogens is 362 g/mol. The predicted octanol–water partition coefficient (Wildman–Crippen LogP) is 2.66. The molecule has 0 spiro atoms. The minimum absolute atomic E-state index is 0.00892. The molecule has 0 radical (unpaired) electrons. The van der Waals surface area contributed by atoms with Crippen molar-refractivity contribution in [3.05, 3.63) is 53.7 Å². The van der Waals surface area contributed by atoms with Crippen LogP contribution in [-0.4, -0.2) is 39.6 Å². The second-order valence-corrected chi connectivity index (χ2v) is 9.08. The number of benzene rings is 1. The molecule has 2 aromatic rings. The molecule has 1 aliphatic carbocycles. The Hall–Kier alpha value is -1.96. The number of pyridine rings is 1. The molecule has 1 N–H and O–H groups in total. The number of morpholine rings is 1. The van der Waals surface area contributed by atoms with E-state index in [9.17, 15) is 8.42 Å². The van der Waals surface area contributed by atoms with E-state index in [2.05, 4.69) is 33.7 Å². The molecule has 0 bridgehead atoms. The first-order valence-corrected chi connectivity index (χ1v) is 10.9. The second kappa shape index (κ2) is 7.58. The van der Waals surface area contributed by atoms with Gasteiger partial charge < -0.3 is 9.64 Å². The fraction of sp³-hybridized carbons (Fsp3) is 0.450. The molecule has 2 fully saturated rings. The van der Waals surface area contributed by atoms with Crippen molar-refractivity contribution < 1.29 is 13.2 Å². The van der Waals surface area contributed by atoms with Gasteiger partial charge in [-0.25, -0.2) is 18.1 Å². The number of aryl methyl sites for hydroxylation is 1. The minimum Gasteiger partial charge on any atom is -0.370 e. The van der Waals surface area contributed by atoms with Crippen molar-refractivity contribution in [3.8, 4) is 0 Å². The number of nitrogens with one attached hydrogen (secondary N) is 1. The highest BCUT2D eigenvalue weighted by Gasteiger charge is 2.26. The van der Waals surface area contributed by atoms with Crippen LogP contribution in [0.1, 0.15) is 30.1 Å². The number of hydrogen-bond donors (Lipinski definition) is 1. The molecule has 2 heterocycles. The molecule has 1 unspecified atom stereocenters. The minimum atomic E-state index is -3.48. The van der Waals surface area contributed by atoms with Crippen molar-refractivity contribution in [1.82, 2.24) is 9.71 Å². The van der Waals surface area contributed by atoms with Crippen molar-refractivity contribution in [2.24, 2.45) is 5.92 Å². The van der Waals surface area contributed by atoms with Crippen LogP contribution in [0.3, 0.4) is 0 Å². The molecule has 1 aromatic carbocycles. The molecule has 27 heavy (non-hydrogen) atoms. The molecule has 1 saturated carbocycles. The van der Waals surface area contributed by atoms with Crippen molar-refractivity contribution >= 4 is 15.8 Å². The van der Waals surface area contributed by atoms with E-state index < -0.39 is 10.0 Å². The Bertz CT molecular complexity index is 895. The summed E-state index contributed by atoms with van der Waals surface area (Å²) in [7, 11) is -3.48. The van der Waals surface area contributed by atoms with Gasteiger partial charge >= 0.3 is 0 Å². The summed E-state index contributed by atoms with van der Waals surface area (Å²) in [6, 6.07) is 11.7. The van der Waals surface area contributed by atoms with Gasteiger partial charge in [0.15, 0.2) is 0 Å². The van der Waals surface area contributed by atoms with Gasteiger partial charge in [0.05, 0.1) is 6.61 Å². The smallest absolute Gasteiger partial charge is 0.242 e. The monoisotopic (exact) mass is 387 g/mol. The van der Waals surface area contributed by atoms with Gasteiger partial charge in [-0.15, -0.1) is 0 Å².